The van der Waals surface area contributed by atoms with Crippen LogP contribution in [-0.4, -0.2) is 29.2 Å². The number of anilines is 1. The van der Waals surface area contributed by atoms with Gasteiger partial charge < -0.3 is 15.2 Å². The summed E-state index contributed by atoms with van der Waals surface area (Å²) in [6.07, 6.45) is -0.113. The van der Waals surface area contributed by atoms with E-state index < -0.39 is 5.97 Å². The minimum atomic E-state index is -1.10. The lowest BCUT2D eigenvalue weighted by Gasteiger charge is -2.18. The molecule has 5 nitrogen and oxygen atoms in total. The molecule has 1 aromatic rings. The van der Waals surface area contributed by atoms with Gasteiger partial charge in [0.2, 0.25) is 5.91 Å². The van der Waals surface area contributed by atoms with Gasteiger partial charge in [-0.2, -0.15) is 0 Å². The first kappa shape index (κ1) is 15.8. The van der Waals surface area contributed by atoms with Crippen molar-refractivity contribution in [1.82, 2.24) is 0 Å². The first-order valence-corrected chi connectivity index (χ1v) is 7.18. The molecule has 1 heterocycles. The lowest BCUT2D eigenvalue weighted by molar-refractivity contribution is -0.121. The van der Waals surface area contributed by atoms with E-state index in [0.29, 0.717) is 5.69 Å². The zero-order valence-electron chi connectivity index (χ0n) is 12.1. The molecule has 0 bridgehead atoms. The third kappa shape index (κ3) is 3.19. The predicted molar refractivity (Wildman–Crippen MR) is 79.7 cm³/mol. The topological polar surface area (TPSA) is 75.6 Å². The summed E-state index contributed by atoms with van der Waals surface area (Å²) in [6, 6.07) is 4.35. The molecule has 0 aromatic heterocycles. The Labute approximate surface area is 128 Å². The van der Waals surface area contributed by atoms with E-state index in [1.165, 1.54) is 18.2 Å². The number of carbonyl (C=O) groups is 2. The third-order valence-electron chi connectivity index (χ3n) is 4.01. The fourth-order valence-electron chi connectivity index (χ4n) is 2.71. The Morgan fingerprint density at radius 2 is 1.90 bits per heavy atom. The highest BCUT2D eigenvalue weighted by Crippen LogP contribution is 2.33. The summed E-state index contributed by atoms with van der Waals surface area (Å²) in [5, 5.41) is 11.8. The number of carboxylic acids is 1. The van der Waals surface area contributed by atoms with Gasteiger partial charge in [-0.3, -0.25) is 4.79 Å². The number of ether oxygens (including phenoxy) is 1. The average molecular weight is 312 g/mol. The summed E-state index contributed by atoms with van der Waals surface area (Å²) in [5.41, 5.74) is 0.489. The molecule has 0 saturated carbocycles. The SMILES string of the molecule is CC1OC(C)C(C(=O)Nc2ccc(C(=O)O)c(Cl)c2)C1C. The standard InChI is InChI=1S/C15H18ClNO4/c1-7-8(2)21-9(3)13(7)14(18)17-10-4-5-11(15(19)20)12(16)6-10/h4-9,13H,1-3H3,(H,17,18)(H,19,20). The number of carbonyl (C=O) groups excluding carboxylic acids is 1. The van der Waals surface area contributed by atoms with Crippen molar-refractivity contribution < 1.29 is 19.4 Å². The largest absolute Gasteiger partial charge is 0.478 e. The molecule has 0 aliphatic carbocycles. The van der Waals surface area contributed by atoms with E-state index >= 15 is 0 Å². The van der Waals surface area contributed by atoms with Gasteiger partial charge in [-0.25, -0.2) is 4.79 Å². The molecule has 4 atom stereocenters. The quantitative estimate of drug-likeness (QED) is 0.899. The van der Waals surface area contributed by atoms with Crippen LogP contribution in [0.2, 0.25) is 5.02 Å². The normalized spacial score (nSPS) is 28.4. The van der Waals surface area contributed by atoms with Crippen LogP contribution >= 0.6 is 11.6 Å². The van der Waals surface area contributed by atoms with Gasteiger partial charge >= 0.3 is 5.97 Å². The van der Waals surface area contributed by atoms with Crippen LogP contribution in [0.15, 0.2) is 18.2 Å². The van der Waals surface area contributed by atoms with Crippen molar-refractivity contribution in [3.63, 3.8) is 0 Å². The lowest BCUT2D eigenvalue weighted by atomic mass is 9.89. The van der Waals surface area contributed by atoms with Crippen molar-refractivity contribution in [3.8, 4) is 0 Å². The maximum Gasteiger partial charge on any atom is 0.337 e. The van der Waals surface area contributed by atoms with E-state index in [1.54, 1.807) is 0 Å². The van der Waals surface area contributed by atoms with E-state index in [0.717, 1.165) is 0 Å². The summed E-state index contributed by atoms with van der Waals surface area (Å²) in [7, 11) is 0. The maximum atomic E-state index is 12.4. The molecule has 1 aliphatic heterocycles. The zero-order chi connectivity index (χ0) is 15.7. The molecule has 21 heavy (non-hydrogen) atoms. The number of hydrogen-bond donors (Lipinski definition) is 2. The number of hydrogen-bond acceptors (Lipinski definition) is 3. The molecule has 2 rings (SSSR count). The first-order valence-electron chi connectivity index (χ1n) is 6.80. The fraction of sp³-hybridized carbons (Fsp3) is 0.467. The van der Waals surface area contributed by atoms with Gasteiger partial charge in [-0.1, -0.05) is 18.5 Å². The number of aromatic carboxylic acids is 1. The monoisotopic (exact) mass is 311 g/mol. The minimum Gasteiger partial charge on any atom is -0.478 e. The molecule has 1 aromatic carbocycles. The third-order valence-corrected chi connectivity index (χ3v) is 4.32. The van der Waals surface area contributed by atoms with Crippen LogP contribution in [0.25, 0.3) is 0 Å². The number of amides is 1. The first-order chi connectivity index (χ1) is 9.81. The van der Waals surface area contributed by atoms with Crippen molar-refractivity contribution in [1.29, 1.82) is 0 Å². The van der Waals surface area contributed by atoms with Gasteiger partial charge in [0, 0.05) is 5.69 Å². The number of halogens is 1. The van der Waals surface area contributed by atoms with Crippen molar-refractivity contribution in [2.45, 2.75) is 33.0 Å². The average Bonchev–Trinajstić information content (AvgIpc) is 2.62. The van der Waals surface area contributed by atoms with Crippen LogP contribution in [0.4, 0.5) is 5.69 Å². The molecule has 0 spiro atoms. The molecule has 0 radical (unpaired) electrons. The molecule has 1 saturated heterocycles. The van der Waals surface area contributed by atoms with E-state index in [-0.39, 0.29) is 40.5 Å². The van der Waals surface area contributed by atoms with Gasteiger partial charge in [0.05, 0.1) is 28.7 Å². The van der Waals surface area contributed by atoms with Crippen molar-refractivity contribution >= 4 is 29.2 Å². The van der Waals surface area contributed by atoms with E-state index in [9.17, 15) is 9.59 Å². The molecule has 1 amide bonds. The minimum absolute atomic E-state index is 0.00854. The maximum absolute atomic E-state index is 12.4. The number of carboxylic acid groups (broad SMARTS) is 1. The van der Waals surface area contributed by atoms with Gasteiger partial charge in [0.25, 0.3) is 0 Å². The summed E-state index contributed by atoms with van der Waals surface area (Å²) in [6.45, 7) is 5.82. The number of nitrogens with one attached hydrogen (secondary N) is 1. The van der Waals surface area contributed by atoms with E-state index in [2.05, 4.69) is 5.32 Å². The van der Waals surface area contributed by atoms with Crippen LogP contribution < -0.4 is 5.32 Å². The van der Waals surface area contributed by atoms with Gasteiger partial charge in [0.1, 0.15) is 0 Å². The highest BCUT2D eigenvalue weighted by Gasteiger charge is 2.41. The van der Waals surface area contributed by atoms with Crippen LogP contribution in [0, 0.1) is 11.8 Å². The summed E-state index contributed by atoms with van der Waals surface area (Å²) >= 11 is 5.89. The molecular weight excluding hydrogens is 294 g/mol. The highest BCUT2D eigenvalue weighted by atomic mass is 35.5. The highest BCUT2D eigenvalue weighted by molar-refractivity contribution is 6.33. The molecule has 4 unspecified atom stereocenters. The Balaban J connectivity index is 2.13. The molecule has 1 fully saturated rings. The molecule has 1 aliphatic rings. The van der Waals surface area contributed by atoms with Crippen LogP contribution in [0.3, 0.4) is 0 Å². The second kappa shape index (κ2) is 6.03. The molecular formula is C15H18ClNO4. The van der Waals surface area contributed by atoms with Crippen molar-refractivity contribution in [3.05, 3.63) is 28.8 Å². The summed E-state index contributed by atoms with van der Waals surface area (Å²) in [5.74, 6) is -1.36. The molecule has 6 heteroatoms. The summed E-state index contributed by atoms with van der Waals surface area (Å²) < 4.78 is 5.65. The molecule has 114 valence electrons. The Morgan fingerprint density at radius 1 is 1.24 bits per heavy atom. The molecule has 2 N–H and O–H groups in total. The number of rotatable bonds is 3. The zero-order valence-corrected chi connectivity index (χ0v) is 12.8. The Hall–Kier alpha value is -1.59. The van der Waals surface area contributed by atoms with Gasteiger partial charge in [-0.05, 0) is 38.0 Å². The summed E-state index contributed by atoms with van der Waals surface area (Å²) in [4.78, 5) is 23.3. The lowest BCUT2D eigenvalue weighted by Crippen LogP contribution is -2.32. The Bertz CT molecular complexity index is 575. The predicted octanol–water partition coefficient (Wildman–Crippen LogP) is 3.04. The second-order valence-electron chi connectivity index (χ2n) is 5.42. The smallest absolute Gasteiger partial charge is 0.337 e. The van der Waals surface area contributed by atoms with Crippen molar-refractivity contribution in [2.24, 2.45) is 11.8 Å². The van der Waals surface area contributed by atoms with E-state index in [4.69, 9.17) is 21.4 Å². The fourth-order valence-corrected chi connectivity index (χ4v) is 2.97. The van der Waals surface area contributed by atoms with E-state index in [1.807, 2.05) is 20.8 Å². The second-order valence-corrected chi connectivity index (χ2v) is 5.83. The van der Waals surface area contributed by atoms with Gasteiger partial charge in [0.15, 0.2) is 0 Å². The Kier molecular flexibility index (Phi) is 4.54. The van der Waals surface area contributed by atoms with Crippen molar-refractivity contribution in [2.75, 3.05) is 5.32 Å². The van der Waals surface area contributed by atoms with Crippen LogP contribution in [-0.2, 0) is 9.53 Å². The van der Waals surface area contributed by atoms with Crippen LogP contribution in [0.5, 0.6) is 0 Å². The van der Waals surface area contributed by atoms with Crippen LogP contribution in [0.1, 0.15) is 31.1 Å². The number of benzene rings is 1. The van der Waals surface area contributed by atoms with Gasteiger partial charge in [-0.15, -0.1) is 0 Å². The Morgan fingerprint density at radius 3 is 2.38 bits per heavy atom.